The Morgan fingerprint density at radius 2 is 1.87 bits per heavy atom. The summed E-state index contributed by atoms with van der Waals surface area (Å²) in [6, 6.07) is 3.59. The van der Waals surface area contributed by atoms with E-state index in [1.54, 1.807) is 23.0 Å². The largest absolute Gasteiger partial charge is 0.408 e. The first kappa shape index (κ1) is 20.1. The van der Waals surface area contributed by atoms with E-state index >= 15 is 0 Å². The molecule has 156 valence electrons. The topological polar surface area (TPSA) is 72.9 Å². The fraction of sp³-hybridized carbons (Fsp3) is 0.263. The second-order valence-electron chi connectivity index (χ2n) is 7.04. The molecule has 1 N–H and O–H groups in total. The Balaban J connectivity index is 1.76. The van der Waals surface area contributed by atoms with Gasteiger partial charge < -0.3 is 5.32 Å². The van der Waals surface area contributed by atoms with Gasteiger partial charge in [0.05, 0.1) is 29.3 Å². The smallest absolute Gasteiger partial charge is 0.382 e. The number of imidazole rings is 1. The van der Waals surface area contributed by atoms with Gasteiger partial charge in [-0.05, 0) is 19.9 Å². The number of anilines is 1. The highest BCUT2D eigenvalue weighted by atomic mass is 35.5. The molecule has 0 spiro atoms. The van der Waals surface area contributed by atoms with Crippen LogP contribution < -0.4 is 5.32 Å². The van der Waals surface area contributed by atoms with E-state index in [1.165, 1.54) is 18.6 Å². The fourth-order valence-corrected chi connectivity index (χ4v) is 3.20. The maximum absolute atomic E-state index is 12.7. The van der Waals surface area contributed by atoms with Crippen molar-refractivity contribution >= 4 is 22.9 Å². The second-order valence-corrected chi connectivity index (χ2v) is 7.48. The molecule has 4 aromatic rings. The molecule has 0 aliphatic carbocycles. The number of rotatable bonds is 5. The first-order chi connectivity index (χ1) is 14.2. The number of hydrogen-bond donors (Lipinski definition) is 1. The summed E-state index contributed by atoms with van der Waals surface area (Å²) >= 11 is 5.97. The number of aromatic nitrogens is 6. The molecule has 0 saturated heterocycles. The minimum atomic E-state index is -4.34. The van der Waals surface area contributed by atoms with Crippen molar-refractivity contribution in [1.82, 2.24) is 29.4 Å². The van der Waals surface area contributed by atoms with Crippen molar-refractivity contribution in [2.45, 2.75) is 32.6 Å². The van der Waals surface area contributed by atoms with Gasteiger partial charge in [-0.25, -0.2) is 9.50 Å². The summed E-state index contributed by atoms with van der Waals surface area (Å²) < 4.78 is 40.5. The average molecular weight is 436 g/mol. The molecule has 4 heterocycles. The number of fused-ring (bicyclic) bond motifs is 1. The molecule has 0 aliphatic rings. The predicted molar refractivity (Wildman–Crippen MR) is 107 cm³/mol. The van der Waals surface area contributed by atoms with Crippen molar-refractivity contribution in [1.29, 1.82) is 0 Å². The van der Waals surface area contributed by atoms with Crippen molar-refractivity contribution in [2.24, 2.45) is 0 Å². The third kappa shape index (κ3) is 4.23. The maximum atomic E-state index is 12.7. The van der Waals surface area contributed by atoms with Crippen LogP contribution in [-0.4, -0.2) is 41.6 Å². The van der Waals surface area contributed by atoms with Crippen molar-refractivity contribution in [3.8, 4) is 22.5 Å². The van der Waals surface area contributed by atoms with Gasteiger partial charge in [0.25, 0.3) is 0 Å². The molecule has 4 rings (SSSR count). The van der Waals surface area contributed by atoms with Gasteiger partial charge in [0, 0.05) is 41.3 Å². The van der Waals surface area contributed by atoms with Crippen LogP contribution in [0.15, 0.2) is 43.1 Å². The number of pyridine rings is 1. The highest BCUT2D eigenvalue weighted by Crippen LogP contribution is 2.32. The van der Waals surface area contributed by atoms with E-state index in [9.17, 15) is 13.2 Å². The third-order valence-electron chi connectivity index (χ3n) is 4.22. The number of alkyl halides is 3. The monoisotopic (exact) mass is 435 g/mol. The maximum Gasteiger partial charge on any atom is 0.408 e. The van der Waals surface area contributed by atoms with E-state index < -0.39 is 12.7 Å². The lowest BCUT2D eigenvalue weighted by Crippen LogP contribution is -2.17. The van der Waals surface area contributed by atoms with Crippen LogP contribution in [0.5, 0.6) is 0 Å². The zero-order valence-electron chi connectivity index (χ0n) is 16.0. The van der Waals surface area contributed by atoms with Crippen molar-refractivity contribution in [3.05, 3.63) is 48.1 Å². The van der Waals surface area contributed by atoms with Crippen molar-refractivity contribution in [2.75, 3.05) is 5.32 Å². The lowest BCUT2D eigenvalue weighted by molar-refractivity contribution is -0.142. The van der Waals surface area contributed by atoms with E-state index in [1.807, 2.05) is 19.9 Å². The Morgan fingerprint density at radius 1 is 1.07 bits per heavy atom. The van der Waals surface area contributed by atoms with Gasteiger partial charge in [0.15, 0.2) is 5.65 Å². The molecular weight excluding hydrogens is 419 g/mol. The molecule has 7 nitrogen and oxygen atoms in total. The number of nitrogens with one attached hydrogen (secondary N) is 1. The molecule has 0 bridgehead atoms. The Labute approximate surface area is 174 Å². The average Bonchev–Trinajstić information content (AvgIpc) is 3.26. The summed E-state index contributed by atoms with van der Waals surface area (Å²) in [6.07, 6.45) is 3.16. The minimum absolute atomic E-state index is 0.0864. The highest BCUT2D eigenvalue weighted by molar-refractivity contribution is 6.30. The summed E-state index contributed by atoms with van der Waals surface area (Å²) in [5, 5.41) is 11.9. The number of hydrogen-bond acceptors (Lipinski definition) is 5. The van der Waals surface area contributed by atoms with Crippen LogP contribution in [-0.2, 0) is 6.54 Å². The molecule has 0 saturated carbocycles. The molecule has 30 heavy (non-hydrogen) atoms. The Kier molecular flexibility index (Phi) is 5.10. The van der Waals surface area contributed by atoms with E-state index in [2.05, 4.69) is 25.5 Å². The quantitative estimate of drug-likeness (QED) is 0.492. The standard InChI is InChI=1S/C19H17ClF3N7/c1-11(2)28-15-4-16(17-8-25-18-3-13(20)6-27-30(17)18)24-7-14(15)12-5-26-29(9-12)10-19(21,22)23/h3-9,11H,10H2,1-2H3,(H,24,28). The molecular formula is C19H17ClF3N7. The van der Waals surface area contributed by atoms with E-state index in [0.717, 1.165) is 4.68 Å². The van der Waals surface area contributed by atoms with E-state index in [4.69, 9.17) is 11.6 Å². The van der Waals surface area contributed by atoms with Gasteiger partial charge in [0.1, 0.15) is 12.2 Å². The van der Waals surface area contributed by atoms with Gasteiger partial charge in [0.2, 0.25) is 0 Å². The van der Waals surface area contributed by atoms with Gasteiger partial charge in [-0.1, -0.05) is 11.6 Å². The van der Waals surface area contributed by atoms with E-state index in [-0.39, 0.29) is 6.04 Å². The van der Waals surface area contributed by atoms with Crippen LogP contribution in [0.3, 0.4) is 0 Å². The molecule has 0 aromatic carbocycles. The molecule has 11 heteroatoms. The lowest BCUT2D eigenvalue weighted by Gasteiger charge is -2.15. The third-order valence-corrected chi connectivity index (χ3v) is 4.43. The van der Waals surface area contributed by atoms with Gasteiger partial charge >= 0.3 is 6.18 Å². The van der Waals surface area contributed by atoms with Crippen LogP contribution in [0.1, 0.15) is 13.8 Å². The van der Waals surface area contributed by atoms with Gasteiger partial charge in [-0.15, -0.1) is 0 Å². The molecule has 0 radical (unpaired) electrons. The first-order valence-electron chi connectivity index (χ1n) is 9.05. The second kappa shape index (κ2) is 7.60. The molecule has 0 unspecified atom stereocenters. The zero-order chi connectivity index (χ0) is 21.5. The summed E-state index contributed by atoms with van der Waals surface area (Å²) in [6.45, 7) is 2.78. The fourth-order valence-electron chi connectivity index (χ4n) is 3.06. The van der Waals surface area contributed by atoms with Crippen molar-refractivity contribution in [3.63, 3.8) is 0 Å². The molecule has 4 aromatic heterocycles. The summed E-state index contributed by atoms with van der Waals surface area (Å²) in [5.74, 6) is 0. The van der Waals surface area contributed by atoms with Gasteiger partial charge in [-0.3, -0.25) is 9.67 Å². The van der Waals surface area contributed by atoms with Crippen LogP contribution in [0.2, 0.25) is 5.02 Å². The molecule has 0 fully saturated rings. The summed E-state index contributed by atoms with van der Waals surface area (Å²) in [5.41, 5.74) is 3.73. The Hall–Kier alpha value is -3.14. The molecule has 0 atom stereocenters. The summed E-state index contributed by atoms with van der Waals surface area (Å²) in [7, 11) is 0. The highest BCUT2D eigenvalue weighted by Gasteiger charge is 2.28. The molecule has 0 amide bonds. The number of halogens is 4. The van der Waals surface area contributed by atoms with Crippen LogP contribution in [0, 0.1) is 0 Å². The number of nitrogens with zero attached hydrogens (tertiary/aromatic N) is 6. The first-order valence-corrected chi connectivity index (χ1v) is 9.43. The lowest BCUT2D eigenvalue weighted by atomic mass is 10.1. The SMILES string of the molecule is CC(C)Nc1cc(-c2cnc3cc(Cl)cnn23)ncc1-c1cnn(CC(F)(F)F)c1. The normalized spacial score (nSPS) is 12.1. The van der Waals surface area contributed by atoms with Crippen LogP contribution >= 0.6 is 11.6 Å². The molecule has 0 aliphatic heterocycles. The zero-order valence-corrected chi connectivity index (χ0v) is 16.8. The van der Waals surface area contributed by atoms with Crippen LogP contribution in [0.25, 0.3) is 28.2 Å². The minimum Gasteiger partial charge on any atom is -0.382 e. The Morgan fingerprint density at radius 3 is 2.60 bits per heavy atom. The Bertz CT molecular complexity index is 1200. The predicted octanol–water partition coefficient (Wildman–Crippen LogP) is 4.69. The van der Waals surface area contributed by atoms with Gasteiger partial charge in [-0.2, -0.15) is 23.4 Å². The summed E-state index contributed by atoms with van der Waals surface area (Å²) in [4.78, 5) is 8.79. The van der Waals surface area contributed by atoms with E-state index in [0.29, 0.717) is 38.9 Å². The van der Waals surface area contributed by atoms with Crippen LogP contribution in [0.4, 0.5) is 18.9 Å². The van der Waals surface area contributed by atoms with Crippen molar-refractivity contribution < 1.29 is 13.2 Å².